The van der Waals surface area contributed by atoms with Gasteiger partial charge in [-0.1, -0.05) is 11.6 Å². The topological polar surface area (TPSA) is 90.0 Å². The molecule has 0 aliphatic carbocycles. The number of thiophene rings is 1. The molecule has 1 aromatic carbocycles. The van der Waals surface area contributed by atoms with Crippen LogP contribution in [0.15, 0.2) is 22.4 Å². The average molecular weight is 553 g/mol. The number of rotatable bonds is 7. The number of fused-ring (bicyclic) bond motifs is 1. The second kappa shape index (κ2) is 10.6. The molecule has 2 aromatic rings. The van der Waals surface area contributed by atoms with Crippen LogP contribution < -0.4 is 4.72 Å². The van der Waals surface area contributed by atoms with Crippen LogP contribution in [-0.2, 0) is 19.6 Å². The largest absolute Gasteiger partial charge is 0.337 e. The van der Waals surface area contributed by atoms with Crippen LogP contribution in [0.1, 0.15) is 44.1 Å². The van der Waals surface area contributed by atoms with Gasteiger partial charge >= 0.3 is 0 Å². The summed E-state index contributed by atoms with van der Waals surface area (Å²) in [4.78, 5) is 32.3. The lowest BCUT2D eigenvalue weighted by Crippen LogP contribution is -2.55. The number of amides is 2. The highest BCUT2D eigenvalue weighted by molar-refractivity contribution is 7.91. The smallest absolute Gasteiger partial charge is 0.251 e. The first-order valence-electron chi connectivity index (χ1n) is 12.7. The minimum Gasteiger partial charge on any atom is -0.337 e. The van der Waals surface area contributed by atoms with E-state index in [1.165, 1.54) is 29.1 Å². The zero-order chi connectivity index (χ0) is 25.4. The summed E-state index contributed by atoms with van der Waals surface area (Å²) in [7, 11) is -3.91. The summed E-state index contributed by atoms with van der Waals surface area (Å²) in [5.74, 6) is -0.360. The van der Waals surface area contributed by atoms with Gasteiger partial charge < -0.3 is 14.7 Å². The van der Waals surface area contributed by atoms with Crippen molar-refractivity contribution in [2.24, 2.45) is 0 Å². The van der Waals surface area contributed by atoms with E-state index in [0.717, 1.165) is 49.1 Å². The quantitative estimate of drug-likeness (QED) is 0.569. The van der Waals surface area contributed by atoms with E-state index in [2.05, 4.69) is 9.62 Å². The van der Waals surface area contributed by atoms with Crippen LogP contribution in [0.2, 0.25) is 5.02 Å². The van der Waals surface area contributed by atoms with Crippen molar-refractivity contribution >= 4 is 54.9 Å². The summed E-state index contributed by atoms with van der Waals surface area (Å²) < 4.78 is 30.2. The molecule has 5 rings (SSSR count). The Bertz CT molecular complexity index is 1260. The maximum atomic E-state index is 13.3. The molecule has 3 aliphatic rings. The maximum absolute atomic E-state index is 13.3. The van der Waals surface area contributed by atoms with E-state index in [9.17, 15) is 18.0 Å². The van der Waals surface area contributed by atoms with Crippen LogP contribution in [0, 0.1) is 6.92 Å². The third-order valence-corrected chi connectivity index (χ3v) is 11.2. The van der Waals surface area contributed by atoms with Crippen LogP contribution in [-0.4, -0.2) is 86.3 Å². The first kappa shape index (κ1) is 25.9. The highest BCUT2D eigenvalue weighted by Gasteiger charge is 2.37. The second-order valence-corrected chi connectivity index (χ2v) is 13.5. The zero-order valence-corrected chi connectivity index (χ0v) is 22.9. The lowest BCUT2D eigenvalue weighted by molar-refractivity contribution is -0.143. The molecule has 3 saturated heterocycles. The summed E-state index contributed by atoms with van der Waals surface area (Å²) in [5.41, 5.74) is 0.623. The summed E-state index contributed by atoms with van der Waals surface area (Å²) in [6.07, 6.45) is 5.48. The molecule has 36 heavy (non-hydrogen) atoms. The predicted octanol–water partition coefficient (Wildman–Crippen LogP) is 3.22. The Morgan fingerprint density at radius 1 is 1.11 bits per heavy atom. The number of aryl methyl sites for hydroxylation is 1. The van der Waals surface area contributed by atoms with Crippen molar-refractivity contribution in [3.8, 4) is 0 Å². The molecule has 0 saturated carbocycles. The van der Waals surface area contributed by atoms with Crippen molar-refractivity contribution in [3.63, 3.8) is 0 Å². The second-order valence-electron chi connectivity index (χ2n) is 10.1. The lowest BCUT2D eigenvalue weighted by Gasteiger charge is -2.34. The number of hydrogen-bond acceptors (Lipinski definition) is 6. The molecule has 2 atom stereocenters. The number of nitrogens with one attached hydrogen (secondary N) is 1. The Morgan fingerprint density at radius 2 is 1.86 bits per heavy atom. The highest BCUT2D eigenvalue weighted by Crippen LogP contribution is 2.35. The van der Waals surface area contributed by atoms with Crippen molar-refractivity contribution in [3.05, 3.63) is 28.8 Å². The van der Waals surface area contributed by atoms with Crippen molar-refractivity contribution in [1.29, 1.82) is 0 Å². The van der Waals surface area contributed by atoms with Gasteiger partial charge in [-0.2, -0.15) is 4.72 Å². The summed E-state index contributed by atoms with van der Waals surface area (Å²) in [6.45, 7) is 6.05. The average Bonchev–Trinajstić information content (AvgIpc) is 3.58. The molecule has 0 spiro atoms. The third kappa shape index (κ3) is 5.29. The van der Waals surface area contributed by atoms with Gasteiger partial charge in [0.15, 0.2) is 0 Å². The molecule has 8 nitrogen and oxygen atoms in total. The summed E-state index contributed by atoms with van der Waals surface area (Å²) in [5, 5.41) is 1.34. The lowest BCUT2D eigenvalue weighted by atomic mass is 10.1. The Kier molecular flexibility index (Phi) is 7.61. The van der Waals surface area contributed by atoms with Gasteiger partial charge in [-0.05, 0) is 87.7 Å². The fourth-order valence-electron chi connectivity index (χ4n) is 5.75. The number of nitrogens with zero attached hydrogens (tertiary/aromatic N) is 3. The molecule has 3 fully saturated rings. The number of sulfonamides is 1. The number of piperidine rings is 1. The van der Waals surface area contributed by atoms with Gasteiger partial charge in [0.05, 0.1) is 6.54 Å². The molecule has 0 bridgehead atoms. The Morgan fingerprint density at radius 3 is 2.64 bits per heavy atom. The first-order valence-corrected chi connectivity index (χ1v) is 15.4. The van der Waals surface area contributed by atoms with Crippen LogP contribution >= 0.6 is 22.9 Å². The van der Waals surface area contributed by atoms with Gasteiger partial charge in [-0.25, -0.2) is 8.42 Å². The number of carbonyl (C=O) groups is 2. The molecule has 3 aliphatic heterocycles. The molecule has 1 aromatic heterocycles. The SMILES string of the molecule is Cc1c(S(=O)(=O)NC2CCCN(CC(=O)N3CCCC3CN3CCCC3)C2=O)sc2ccc(Cl)cc12. The van der Waals surface area contributed by atoms with Gasteiger partial charge in [0.25, 0.3) is 10.0 Å². The van der Waals surface area contributed by atoms with Crippen molar-refractivity contribution in [2.75, 3.05) is 39.3 Å². The number of likely N-dealkylation sites (tertiary alicyclic amines) is 3. The van der Waals surface area contributed by atoms with E-state index in [-0.39, 0.29) is 28.6 Å². The molecular weight excluding hydrogens is 520 g/mol. The van der Waals surface area contributed by atoms with Crippen LogP contribution in [0.3, 0.4) is 0 Å². The minimum atomic E-state index is -3.91. The fraction of sp³-hybridized carbons (Fsp3) is 0.600. The van der Waals surface area contributed by atoms with E-state index < -0.39 is 16.1 Å². The number of halogens is 1. The van der Waals surface area contributed by atoms with Crippen molar-refractivity contribution in [1.82, 2.24) is 19.4 Å². The van der Waals surface area contributed by atoms with Crippen molar-refractivity contribution in [2.45, 2.75) is 61.7 Å². The zero-order valence-electron chi connectivity index (χ0n) is 20.5. The van der Waals surface area contributed by atoms with E-state index in [1.807, 2.05) is 11.0 Å². The Labute approximate surface area is 221 Å². The van der Waals surface area contributed by atoms with Gasteiger partial charge in [0.2, 0.25) is 11.8 Å². The van der Waals surface area contributed by atoms with Gasteiger partial charge in [0, 0.05) is 35.4 Å². The van der Waals surface area contributed by atoms with E-state index in [4.69, 9.17) is 11.6 Å². The number of benzene rings is 1. The van der Waals surface area contributed by atoms with E-state index in [1.54, 1.807) is 19.1 Å². The molecule has 11 heteroatoms. The van der Waals surface area contributed by atoms with Crippen molar-refractivity contribution < 1.29 is 18.0 Å². The molecular formula is C25H33ClN4O4S2. The molecule has 2 amide bonds. The van der Waals surface area contributed by atoms with E-state index >= 15 is 0 Å². The van der Waals surface area contributed by atoms with Crippen LogP contribution in [0.5, 0.6) is 0 Å². The van der Waals surface area contributed by atoms with Gasteiger partial charge in [-0.15, -0.1) is 11.3 Å². The summed E-state index contributed by atoms with van der Waals surface area (Å²) >= 11 is 7.27. The standard InChI is InChI=1S/C25H33ClN4O4S2/c1-17-20-14-18(26)8-9-22(20)35-25(17)36(33,34)27-21-7-5-12-29(24(21)32)16-23(31)30-13-4-6-19(30)15-28-10-2-3-11-28/h8-9,14,19,21,27H,2-7,10-13,15-16H2,1H3. The monoisotopic (exact) mass is 552 g/mol. The first-order chi connectivity index (χ1) is 17.2. The maximum Gasteiger partial charge on any atom is 0.251 e. The third-order valence-electron chi connectivity index (χ3n) is 7.62. The molecule has 0 radical (unpaired) electrons. The Hall–Kier alpha value is -1.72. The minimum absolute atomic E-state index is 0.00791. The molecule has 2 unspecified atom stereocenters. The number of carbonyl (C=O) groups excluding carboxylic acids is 2. The summed E-state index contributed by atoms with van der Waals surface area (Å²) in [6, 6.07) is 4.64. The molecule has 1 N–H and O–H groups in total. The normalized spacial score (nSPS) is 23.8. The number of hydrogen-bond donors (Lipinski definition) is 1. The van der Waals surface area contributed by atoms with Crippen LogP contribution in [0.25, 0.3) is 10.1 Å². The van der Waals surface area contributed by atoms with Gasteiger partial charge in [-0.3, -0.25) is 9.59 Å². The fourth-order valence-corrected chi connectivity index (χ4v) is 8.90. The molecule has 4 heterocycles. The Balaban J connectivity index is 1.25. The predicted molar refractivity (Wildman–Crippen MR) is 142 cm³/mol. The van der Waals surface area contributed by atoms with Gasteiger partial charge in [0.1, 0.15) is 10.3 Å². The van der Waals surface area contributed by atoms with E-state index in [0.29, 0.717) is 30.0 Å². The highest BCUT2D eigenvalue weighted by atomic mass is 35.5. The molecule has 196 valence electrons. The van der Waals surface area contributed by atoms with Crippen LogP contribution in [0.4, 0.5) is 0 Å².